The number of ether oxygens (including phenoxy) is 1. The van der Waals surface area contributed by atoms with E-state index in [0.717, 1.165) is 11.7 Å². The molecule has 0 bridgehead atoms. The SMILES string of the molecule is O=[N+]([O-])N1C=CN(CC2CO2)N1. The minimum atomic E-state index is -0.537. The molecule has 1 N–H and O–H groups in total. The summed E-state index contributed by atoms with van der Waals surface area (Å²) < 4.78 is 4.96. The molecule has 0 radical (unpaired) electrons. The molecule has 0 amide bonds. The van der Waals surface area contributed by atoms with Crippen molar-refractivity contribution in [3.05, 3.63) is 22.5 Å². The van der Waals surface area contributed by atoms with Crippen molar-refractivity contribution < 1.29 is 9.77 Å². The molecule has 7 heteroatoms. The molecule has 1 unspecified atom stereocenters. The van der Waals surface area contributed by atoms with Crippen LogP contribution in [0.4, 0.5) is 0 Å². The number of hydrogen-bond acceptors (Lipinski definition) is 5. The van der Waals surface area contributed by atoms with Crippen LogP contribution in [0.15, 0.2) is 12.4 Å². The predicted octanol–water partition coefficient (Wildman–Crippen LogP) is -0.915. The molecule has 2 heterocycles. The standard InChI is InChI=1S/C5H8N4O3/c10-9(11)8-2-1-7(6-8)3-5-4-12-5/h1-2,5-6H,3-4H2. The lowest BCUT2D eigenvalue weighted by Gasteiger charge is -2.14. The molecule has 1 fully saturated rings. The monoisotopic (exact) mass is 172 g/mol. The van der Waals surface area contributed by atoms with Crippen molar-refractivity contribution in [3.8, 4) is 0 Å². The number of hydrazine groups is 3. The summed E-state index contributed by atoms with van der Waals surface area (Å²) in [5.74, 6) is 0. The van der Waals surface area contributed by atoms with Gasteiger partial charge >= 0.3 is 0 Å². The Labute approximate surface area is 68.2 Å². The number of nitro groups is 1. The van der Waals surface area contributed by atoms with Crippen molar-refractivity contribution in [2.45, 2.75) is 6.10 Å². The van der Waals surface area contributed by atoms with Gasteiger partial charge in [0, 0.05) is 6.20 Å². The van der Waals surface area contributed by atoms with Crippen molar-refractivity contribution >= 4 is 0 Å². The zero-order chi connectivity index (χ0) is 8.55. The number of epoxide rings is 1. The Morgan fingerprint density at radius 1 is 1.75 bits per heavy atom. The van der Waals surface area contributed by atoms with E-state index in [9.17, 15) is 10.1 Å². The van der Waals surface area contributed by atoms with Crippen LogP contribution in [0.3, 0.4) is 0 Å². The van der Waals surface area contributed by atoms with Crippen LogP contribution in [0.1, 0.15) is 0 Å². The molecule has 2 rings (SSSR count). The highest BCUT2D eigenvalue weighted by molar-refractivity contribution is 4.85. The van der Waals surface area contributed by atoms with Crippen LogP contribution in [-0.2, 0) is 4.74 Å². The van der Waals surface area contributed by atoms with Crippen molar-refractivity contribution in [2.75, 3.05) is 13.2 Å². The van der Waals surface area contributed by atoms with E-state index < -0.39 is 5.03 Å². The number of hydrogen-bond donors (Lipinski definition) is 1. The topological polar surface area (TPSA) is 74.2 Å². The maximum absolute atomic E-state index is 10.2. The summed E-state index contributed by atoms with van der Waals surface area (Å²) in [6.45, 7) is 1.38. The summed E-state index contributed by atoms with van der Waals surface area (Å²) in [4.78, 5) is 10.2. The molecule has 1 saturated heterocycles. The molecule has 0 aromatic carbocycles. The number of nitrogens with one attached hydrogen (secondary N) is 1. The van der Waals surface area contributed by atoms with E-state index in [1.54, 1.807) is 11.2 Å². The maximum atomic E-state index is 10.2. The molecular formula is C5H8N4O3. The first kappa shape index (κ1) is 7.32. The van der Waals surface area contributed by atoms with E-state index in [-0.39, 0.29) is 6.10 Å². The van der Waals surface area contributed by atoms with Crippen LogP contribution in [0.2, 0.25) is 0 Å². The molecule has 7 nitrogen and oxygen atoms in total. The maximum Gasteiger partial charge on any atom is 0.182 e. The van der Waals surface area contributed by atoms with E-state index >= 15 is 0 Å². The summed E-state index contributed by atoms with van der Waals surface area (Å²) in [5, 5.41) is 12.1. The van der Waals surface area contributed by atoms with Crippen LogP contribution in [0.25, 0.3) is 0 Å². The molecule has 66 valence electrons. The van der Waals surface area contributed by atoms with Gasteiger partial charge in [0.2, 0.25) is 0 Å². The molecule has 2 aliphatic heterocycles. The summed E-state index contributed by atoms with van der Waals surface area (Å²) >= 11 is 0. The van der Waals surface area contributed by atoms with E-state index in [1.807, 2.05) is 0 Å². The Balaban J connectivity index is 1.81. The third-order valence-corrected chi connectivity index (χ3v) is 1.60. The van der Waals surface area contributed by atoms with Gasteiger partial charge in [-0.3, -0.25) is 5.01 Å². The van der Waals surface area contributed by atoms with Gasteiger partial charge in [0.15, 0.2) is 5.03 Å². The van der Waals surface area contributed by atoms with E-state index in [2.05, 4.69) is 5.53 Å². The molecule has 0 spiro atoms. The van der Waals surface area contributed by atoms with Crippen LogP contribution < -0.4 is 5.53 Å². The van der Waals surface area contributed by atoms with Gasteiger partial charge in [-0.15, -0.1) is 0 Å². The fourth-order valence-corrected chi connectivity index (χ4v) is 0.927. The Kier molecular flexibility index (Phi) is 1.59. The van der Waals surface area contributed by atoms with Gasteiger partial charge in [-0.25, -0.2) is 10.1 Å². The first-order chi connectivity index (χ1) is 5.75. The van der Waals surface area contributed by atoms with E-state index in [0.29, 0.717) is 6.54 Å². The zero-order valence-corrected chi connectivity index (χ0v) is 6.21. The van der Waals surface area contributed by atoms with Crippen LogP contribution in [0.5, 0.6) is 0 Å². The van der Waals surface area contributed by atoms with Crippen molar-refractivity contribution in [2.24, 2.45) is 0 Å². The van der Waals surface area contributed by atoms with Crippen LogP contribution in [0, 0.1) is 10.1 Å². The number of rotatable bonds is 3. The highest BCUT2D eigenvalue weighted by atomic mass is 16.7. The minimum Gasteiger partial charge on any atom is -0.371 e. The van der Waals surface area contributed by atoms with Gasteiger partial charge in [0.25, 0.3) is 0 Å². The molecule has 0 aromatic heterocycles. The van der Waals surface area contributed by atoms with Crippen molar-refractivity contribution in [3.63, 3.8) is 0 Å². The van der Waals surface area contributed by atoms with Gasteiger partial charge in [-0.2, -0.15) is 0 Å². The van der Waals surface area contributed by atoms with Crippen LogP contribution in [-0.4, -0.2) is 34.4 Å². The summed E-state index contributed by atoms with van der Waals surface area (Å²) in [6, 6.07) is 0. The normalized spacial score (nSPS) is 26.5. The molecule has 0 aliphatic carbocycles. The fraction of sp³-hybridized carbons (Fsp3) is 0.600. The lowest BCUT2D eigenvalue weighted by Crippen LogP contribution is -2.43. The molecule has 2 aliphatic rings. The first-order valence-corrected chi connectivity index (χ1v) is 3.52. The highest BCUT2D eigenvalue weighted by Gasteiger charge is 2.28. The summed E-state index contributed by atoms with van der Waals surface area (Å²) in [6.07, 6.45) is 3.17. The zero-order valence-electron chi connectivity index (χ0n) is 6.21. The average Bonchev–Trinajstić information content (AvgIpc) is 2.66. The Hall–Kier alpha value is -1.34. The third kappa shape index (κ3) is 1.46. The van der Waals surface area contributed by atoms with Gasteiger partial charge < -0.3 is 4.74 Å². The molecule has 0 aromatic rings. The Morgan fingerprint density at radius 2 is 2.50 bits per heavy atom. The predicted molar refractivity (Wildman–Crippen MR) is 37.6 cm³/mol. The second-order valence-corrected chi connectivity index (χ2v) is 2.59. The molecule has 0 saturated carbocycles. The largest absolute Gasteiger partial charge is 0.371 e. The van der Waals surface area contributed by atoms with E-state index in [4.69, 9.17) is 4.74 Å². The Bertz CT molecular complexity index is 227. The minimum absolute atomic E-state index is 0.217. The van der Waals surface area contributed by atoms with Gasteiger partial charge in [-0.05, 0) is 5.12 Å². The highest BCUT2D eigenvalue weighted by Crippen LogP contribution is 2.11. The van der Waals surface area contributed by atoms with Gasteiger partial charge in [0.05, 0.1) is 13.2 Å². The van der Waals surface area contributed by atoms with Crippen molar-refractivity contribution in [1.29, 1.82) is 0 Å². The average molecular weight is 172 g/mol. The lowest BCUT2D eigenvalue weighted by molar-refractivity contribution is -0.657. The molecule has 12 heavy (non-hydrogen) atoms. The Morgan fingerprint density at radius 3 is 3.00 bits per heavy atom. The molecular weight excluding hydrogens is 164 g/mol. The van der Waals surface area contributed by atoms with Gasteiger partial charge in [0.1, 0.15) is 12.3 Å². The van der Waals surface area contributed by atoms with Gasteiger partial charge in [-0.1, -0.05) is 5.53 Å². The molecule has 1 atom stereocenters. The second kappa shape index (κ2) is 2.61. The van der Waals surface area contributed by atoms with Crippen molar-refractivity contribution in [1.82, 2.24) is 15.7 Å². The quantitative estimate of drug-likeness (QED) is 0.337. The number of nitrogens with zero attached hydrogens (tertiary/aromatic N) is 3. The fourth-order valence-electron chi connectivity index (χ4n) is 0.927. The first-order valence-electron chi connectivity index (χ1n) is 3.52. The summed E-state index contributed by atoms with van der Waals surface area (Å²) in [7, 11) is 0. The lowest BCUT2D eigenvalue weighted by atomic mass is 10.5. The third-order valence-electron chi connectivity index (χ3n) is 1.60. The summed E-state index contributed by atoms with van der Waals surface area (Å²) in [5.41, 5.74) is 2.54. The van der Waals surface area contributed by atoms with E-state index in [1.165, 1.54) is 6.20 Å². The second-order valence-electron chi connectivity index (χ2n) is 2.59. The smallest absolute Gasteiger partial charge is 0.182 e. The van der Waals surface area contributed by atoms with Crippen LogP contribution >= 0.6 is 0 Å².